The standard InChI is InChI=1S/C23H30N6O/c1-3-7-22(28-16-14-27(15-17-28)20-8-5-4-6-9-20)23-24-25-26-29(23)18-19-10-12-21(30-2)13-11-19/h4-6,8-13,22H,3,7,14-18H2,1-2H3/p+2/t22-/m0/s1. The number of hydrogen-bond donors (Lipinski definition) is 2. The fourth-order valence-corrected chi connectivity index (χ4v) is 4.47. The van der Waals surface area contributed by atoms with Crippen LogP contribution in [0.4, 0.5) is 5.69 Å². The molecule has 1 atom stereocenters. The molecule has 0 unspecified atom stereocenters. The number of rotatable bonds is 8. The van der Waals surface area contributed by atoms with Crippen LogP contribution in [0.3, 0.4) is 0 Å². The quantitative estimate of drug-likeness (QED) is 0.576. The Balaban J connectivity index is 1.46. The van der Waals surface area contributed by atoms with Gasteiger partial charge >= 0.3 is 0 Å². The van der Waals surface area contributed by atoms with Gasteiger partial charge in [0.25, 0.3) is 0 Å². The number of nitrogens with one attached hydrogen (secondary N) is 2. The molecule has 158 valence electrons. The highest BCUT2D eigenvalue weighted by molar-refractivity contribution is 5.28. The van der Waals surface area contributed by atoms with Crippen LogP contribution in [0.25, 0.3) is 0 Å². The van der Waals surface area contributed by atoms with Crippen molar-refractivity contribution in [1.82, 2.24) is 20.2 Å². The Bertz CT molecular complexity index is 903. The summed E-state index contributed by atoms with van der Waals surface area (Å²) in [4.78, 5) is 3.18. The molecule has 1 aliphatic rings. The highest BCUT2D eigenvalue weighted by Crippen LogP contribution is 2.16. The minimum atomic E-state index is 0.334. The van der Waals surface area contributed by atoms with E-state index in [1.165, 1.54) is 11.3 Å². The van der Waals surface area contributed by atoms with Crippen LogP contribution in [0.2, 0.25) is 0 Å². The summed E-state index contributed by atoms with van der Waals surface area (Å²) in [6.45, 7) is 7.46. The maximum Gasteiger partial charge on any atom is 0.209 e. The number of ether oxygens (including phenoxy) is 1. The molecule has 0 bridgehead atoms. The maximum absolute atomic E-state index is 5.27. The van der Waals surface area contributed by atoms with Gasteiger partial charge in [0.2, 0.25) is 5.82 Å². The fourth-order valence-electron chi connectivity index (χ4n) is 4.47. The third-order valence-electron chi connectivity index (χ3n) is 6.11. The number of methoxy groups -OCH3 is 1. The zero-order valence-corrected chi connectivity index (χ0v) is 17.9. The van der Waals surface area contributed by atoms with E-state index in [9.17, 15) is 0 Å². The van der Waals surface area contributed by atoms with Crippen molar-refractivity contribution < 1.29 is 14.5 Å². The number of hydrogen-bond acceptors (Lipinski definition) is 4. The summed E-state index contributed by atoms with van der Waals surface area (Å²) in [5.41, 5.74) is 2.57. The zero-order chi connectivity index (χ0) is 20.8. The molecule has 0 aliphatic carbocycles. The van der Waals surface area contributed by atoms with Crippen molar-refractivity contribution in [3.8, 4) is 5.75 Å². The van der Waals surface area contributed by atoms with E-state index in [0.717, 1.165) is 50.6 Å². The van der Waals surface area contributed by atoms with Crippen LogP contribution in [0.15, 0.2) is 54.6 Å². The van der Waals surface area contributed by atoms with Crippen molar-refractivity contribution in [2.24, 2.45) is 0 Å². The molecule has 0 amide bonds. The Morgan fingerprint density at radius 2 is 1.73 bits per heavy atom. The van der Waals surface area contributed by atoms with E-state index >= 15 is 0 Å². The summed E-state index contributed by atoms with van der Waals surface area (Å²) >= 11 is 0. The third-order valence-corrected chi connectivity index (χ3v) is 6.11. The molecule has 3 aromatic rings. The molecule has 7 nitrogen and oxygen atoms in total. The van der Waals surface area contributed by atoms with Crippen molar-refractivity contribution in [3.63, 3.8) is 0 Å². The lowest BCUT2D eigenvalue weighted by Crippen LogP contribution is -3.26. The van der Waals surface area contributed by atoms with Crippen molar-refractivity contribution >= 4 is 5.69 Å². The lowest BCUT2D eigenvalue weighted by Gasteiger charge is -2.33. The molecule has 0 saturated carbocycles. The second-order valence-corrected chi connectivity index (χ2v) is 8.01. The number of aromatic nitrogens is 4. The van der Waals surface area contributed by atoms with Crippen molar-refractivity contribution in [2.45, 2.75) is 32.4 Å². The molecule has 30 heavy (non-hydrogen) atoms. The van der Waals surface area contributed by atoms with Gasteiger partial charge in [-0.15, -0.1) is 5.10 Å². The Hall–Kier alpha value is -2.77. The van der Waals surface area contributed by atoms with E-state index in [2.05, 4.69) is 64.9 Å². The lowest BCUT2D eigenvalue weighted by atomic mass is 10.1. The Morgan fingerprint density at radius 3 is 2.40 bits per heavy atom. The molecule has 0 spiro atoms. The first-order valence-corrected chi connectivity index (χ1v) is 10.9. The second-order valence-electron chi connectivity index (χ2n) is 8.01. The summed E-state index contributed by atoms with van der Waals surface area (Å²) in [6, 6.07) is 19.3. The average Bonchev–Trinajstić information content (AvgIpc) is 3.26. The molecule has 1 aliphatic heterocycles. The van der Waals surface area contributed by atoms with Gasteiger partial charge in [0.15, 0.2) is 0 Å². The fraction of sp³-hybridized carbons (Fsp3) is 0.435. The smallest absolute Gasteiger partial charge is 0.209 e. The first kappa shape index (κ1) is 20.5. The summed E-state index contributed by atoms with van der Waals surface area (Å²) < 4.78 is 7.24. The Morgan fingerprint density at radius 1 is 1.00 bits per heavy atom. The van der Waals surface area contributed by atoms with Crippen molar-refractivity contribution in [3.05, 3.63) is 66.0 Å². The molecule has 1 fully saturated rings. The van der Waals surface area contributed by atoms with E-state index in [4.69, 9.17) is 4.74 Å². The highest BCUT2D eigenvalue weighted by Gasteiger charge is 2.34. The number of benzene rings is 2. The number of piperazine rings is 1. The molecule has 2 aromatic carbocycles. The van der Waals surface area contributed by atoms with Gasteiger partial charge in [0.05, 0.1) is 13.7 Å². The lowest BCUT2D eigenvalue weighted by molar-refractivity contribution is -1.01. The van der Waals surface area contributed by atoms with E-state index in [1.807, 2.05) is 16.8 Å². The van der Waals surface area contributed by atoms with Crippen LogP contribution in [0.5, 0.6) is 5.75 Å². The molecule has 1 aromatic heterocycles. The Kier molecular flexibility index (Phi) is 6.71. The van der Waals surface area contributed by atoms with Gasteiger partial charge in [-0.2, -0.15) is 0 Å². The van der Waals surface area contributed by atoms with E-state index in [-0.39, 0.29) is 0 Å². The second kappa shape index (κ2) is 9.82. The Labute approximate surface area is 178 Å². The van der Waals surface area contributed by atoms with E-state index in [1.54, 1.807) is 16.9 Å². The van der Waals surface area contributed by atoms with Gasteiger partial charge in [-0.25, -0.2) is 4.68 Å². The average molecular weight is 409 g/mol. The predicted molar refractivity (Wildman–Crippen MR) is 115 cm³/mol. The molecule has 0 radical (unpaired) electrons. The zero-order valence-electron chi connectivity index (χ0n) is 17.9. The summed E-state index contributed by atoms with van der Waals surface area (Å²) in [5, 5.41) is 12.8. The summed E-state index contributed by atoms with van der Waals surface area (Å²) in [7, 11) is 1.69. The first-order chi connectivity index (χ1) is 14.8. The minimum absolute atomic E-state index is 0.334. The molecular formula is C23H32N6O+2. The van der Waals surface area contributed by atoms with Crippen LogP contribution >= 0.6 is 0 Å². The highest BCUT2D eigenvalue weighted by atomic mass is 16.5. The SMILES string of the molecule is CCC[C@@H](c1nnnn1Cc1ccc(OC)cc1)[NH+]1CC[NH+](c2ccccc2)CC1. The van der Waals surface area contributed by atoms with Gasteiger partial charge in [-0.3, -0.25) is 4.90 Å². The molecule has 2 heterocycles. The monoisotopic (exact) mass is 408 g/mol. The third kappa shape index (κ3) is 4.68. The van der Waals surface area contributed by atoms with Crippen LogP contribution in [0.1, 0.15) is 37.2 Å². The van der Waals surface area contributed by atoms with E-state index in [0.29, 0.717) is 12.6 Å². The van der Waals surface area contributed by atoms with Gasteiger partial charge in [-0.05, 0) is 40.3 Å². The van der Waals surface area contributed by atoms with Crippen LogP contribution < -0.4 is 14.5 Å². The molecule has 1 saturated heterocycles. The minimum Gasteiger partial charge on any atom is -0.497 e. The first-order valence-electron chi connectivity index (χ1n) is 10.9. The topological polar surface area (TPSA) is 61.7 Å². The van der Waals surface area contributed by atoms with E-state index < -0.39 is 0 Å². The van der Waals surface area contributed by atoms with Crippen LogP contribution in [0, 0.1) is 0 Å². The number of quaternary nitrogens is 2. The maximum atomic E-state index is 5.27. The number of tetrazole rings is 1. The number of para-hydroxylation sites is 1. The van der Waals surface area contributed by atoms with Crippen LogP contribution in [-0.2, 0) is 6.54 Å². The normalized spacial score (nSPS) is 20.1. The predicted octanol–water partition coefficient (Wildman–Crippen LogP) is 0.686. The summed E-state index contributed by atoms with van der Waals surface area (Å²) in [5.74, 6) is 1.87. The van der Waals surface area contributed by atoms with Crippen molar-refractivity contribution in [2.75, 3.05) is 33.3 Å². The largest absolute Gasteiger partial charge is 0.497 e. The summed E-state index contributed by atoms with van der Waals surface area (Å²) in [6.07, 6.45) is 2.22. The molecular weight excluding hydrogens is 376 g/mol. The number of nitrogens with zero attached hydrogens (tertiary/aromatic N) is 4. The van der Waals surface area contributed by atoms with Gasteiger partial charge < -0.3 is 9.64 Å². The van der Waals surface area contributed by atoms with Crippen molar-refractivity contribution in [1.29, 1.82) is 0 Å². The van der Waals surface area contributed by atoms with Crippen LogP contribution in [-0.4, -0.2) is 53.5 Å². The molecule has 2 N–H and O–H groups in total. The van der Waals surface area contributed by atoms with Gasteiger partial charge in [-0.1, -0.05) is 43.7 Å². The van der Waals surface area contributed by atoms with Gasteiger partial charge in [0, 0.05) is 6.42 Å². The van der Waals surface area contributed by atoms with Gasteiger partial charge in [0.1, 0.15) is 43.7 Å². The molecule has 7 heteroatoms. The molecule has 4 rings (SSSR count).